The molecular weight excluding hydrogens is 474 g/mol. The van der Waals surface area contributed by atoms with Crippen molar-refractivity contribution in [3.63, 3.8) is 0 Å². The molecule has 0 bridgehead atoms. The summed E-state index contributed by atoms with van der Waals surface area (Å²) < 4.78 is 15.6. The highest BCUT2D eigenvalue weighted by Gasteiger charge is 2.26. The number of thiazole rings is 1. The lowest BCUT2D eigenvalue weighted by Gasteiger charge is -2.34. The summed E-state index contributed by atoms with van der Waals surface area (Å²) in [5, 5.41) is 8.65. The van der Waals surface area contributed by atoms with Crippen molar-refractivity contribution in [1.82, 2.24) is 29.6 Å². The molecule has 1 saturated heterocycles. The number of fused-ring (bicyclic) bond motifs is 2. The second-order valence-electron chi connectivity index (χ2n) is 9.15. The second kappa shape index (κ2) is 9.45. The molecule has 2 aromatic carbocycles. The van der Waals surface area contributed by atoms with Gasteiger partial charge in [-0.15, -0.1) is 11.3 Å². The Bertz CT molecular complexity index is 1530. The van der Waals surface area contributed by atoms with Crippen LogP contribution in [0.2, 0.25) is 0 Å². The molecule has 0 unspecified atom stereocenters. The lowest BCUT2D eigenvalue weighted by Crippen LogP contribution is -2.46. The van der Waals surface area contributed by atoms with Crippen molar-refractivity contribution >= 4 is 44.0 Å². The minimum atomic E-state index is -0.165. The van der Waals surface area contributed by atoms with Gasteiger partial charge in [-0.25, -0.2) is 15.0 Å². The maximum Gasteiger partial charge on any atom is 0.145 e. The zero-order valence-electron chi connectivity index (χ0n) is 20.4. The number of hydrogen-bond acceptors (Lipinski definition) is 9. The van der Waals surface area contributed by atoms with Crippen LogP contribution in [0.25, 0.3) is 32.2 Å². The maximum absolute atomic E-state index is 6.61. The molecule has 3 aromatic heterocycles. The van der Waals surface area contributed by atoms with Gasteiger partial charge in [0, 0.05) is 37.6 Å². The van der Waals surface area contributed by atoms with Gasteiger partial charge in [0.1, 0.15) is 30.1 Å². The molecule has 1 fully saturated rings. The number of rotatable bonds is 6. The van der Waals surface area contributed by atoms with E-state index in [0.717, 1.165) is 51.0 Å². The Morgan fingerprint density at radius 1 is 1.11 bits per heavy atom. The molecule has 1 aliphatic heterocycles. The fourth-order valence-electron chi connectivity index (χ4n) is 4.52. The van der Waals surface area contributed by atoms with Crippen LogP contribution >= 0.6 is 11.3 Å². The lowest BCUT2D eigenvalue weighted by molar-refractivity contribution is -0.0686. The van der Waals surface area contributed by atoms with Crippen molar-refractivity contribution in [3.8, 4) is 16.9 Å². The highest BCUT2D eigenvalue weighted by Crippen LogP contribution is 2.37. The van der Waals surface area contributed by atoms with E-state index < -0.39 is 0 Å². The minimum absolute atomic E-state index is 0.0318. The summed E-state index contributed by atoms with van der Waals surface area (Å²) >= 11 is 1.61. The van der Waals surface area contributed by atoms with E-state index in [0.29, 0.717) is 18.2 Å². The molecule has 4 heterocycles. The van der Waals surface area contributed by atoms with E-state index in [4.69, 9.17) is 9.47 Å². The molecular formula is C26H27N7O2S. The average molecular weight is 502 g/mol. The molecule has 1 aliphatic rings. The van der Waals surface area contributed by atoms with Crippen LogP contribution in [-0.2, 0) is 11.8 Å². The fourth-order valence-corrected chi connectivity index (χ4v) is 5.24. The zero-order chi connectivity index (χ0) is 24.6. The summed E-state index contributed by atoms with van der Waals surface area (Å²) in [6, 6.07) is 10.2. The van der Waals surface area contributed by atoms with Crippen molar-refractivity contribution < 1.29 is 9.47 Å². The first-order valence-corrected chi connectivity index (χ1v) is 12.8. The third kappa shape index (κ3) is 4.50. The molecule has 9 nitrogen and oxygen atoms in total. The molecule has 0 aliphatic carbocycles. The Kier molecular flexibility index (Phi) is 6.00. The smallest absolute Gasteiger partial charge is 0.145 e. The monoisotopic (exact) mass is 501 g/mol. The Labute approximate surface area is 212 Å². The number of anilines is 2. The van der Waals surface area contributed by atoms with Gasteiger partial charge in [-0.2, -0.15) is 5.10 Å². The molecule has 184 valence electrons. The highest BCUT2D eigenvalue weighted by molar-refractivity contribution is 7.16. The van der Waals surface area contributed by atoms with Crippen molar-refractivity contribution in [1.29, 1.82) is 0 Å². The van der Waals surface area contributed by atoms with Gasteiger partial charge in [0.15, 0.2) is 0 Å². The Hall–Kier alpha value is -3.60. The largest absolute Gasteiger partial charge is 0.487 e. The van der Waals surface area contributed by atoms with Crippen molar-refractivity contribution in [2.45, 2.75) is 19.1 Å². The van der Waals surface area contributed by atoms with Gasteiger partial charge in [-0.05, 0) is 49.9 Å². The van der Waals surface area contributed by atoms with Crippen LogP contribution in [0.1, 0.15) is 6.92 Å². The molecule has 1 N–H and O–H groups in total. The quantitative estimate of drug-likeness (QED) is 0.364. The zero-order valence-corrected chi connectivity index (χ0v) is 21.2. The molecule has 0 saturated carbocycles. The van der Waals surface area contributed by atoms with Crippen LogP contribution < -0.4 is 10.1 Å². The predicted molar refractivity (Wildman–Crippen MR) is 142 cm³/mol. The number of likely N-dealkylation sites (N-methyl/N-ethyl adjacent to an activating group) is 1. The number of aromatic nitrogens is 5. The van der Waals surface area contributed by atoms with Crippen molar-refractivity contribution in [3.05, 3.63) is 54.6 Å². The number of morpholine rings is 1. The van der Waals surface area contributed by atoms with E-state index in [1.807, 2.05) is 49.2 Å². The minimum Gasteiger partial charge on any atom is -0.487 e. The maximum atomic E-state index is 6.61. The molecule has 5 aromatic rings. The Morgan fingerprint density at radius 2 is 2.03 bits per heavy atom. The van der Waals surface area contributed by atoms with Crippen LogP contribution in [0.5, 0.6) is 5.75 Å². The first-order chi connectivity index (χ1) is 17.5. The number of ether oxygens (including phenoxy) is 2. The summed E-state index contributed by atoms with van der Waals surface area (Å²) in [7, 11) is 4.02. The topological polar surface area (TPSA) is 90.2 Å². The fraction of sp³-hybridized carbons (Fsp3) is 0.308. The highest BCUT2D eigenvalue weighted by atomic mass is 32.1. The van der Waals surface area contributed by atoms with Gasteiger partial charge < -0.3 is 19.7 Å². The van der Waals surface area contributed by atoms with Gasteiger partial charge in [0.25, 0.3) is 0 Å². The van der Waals surface area contributed by atoms with Crippen LogP contribution in [0, 0.1) is 0 Å². The van der Waals surface area contributed by atoms with Crippen molar-refractivity contribution in [2.75, 3.05) is 32.1 Å². The molecule has 0 spiro atoms. The van der Waals surface area contributed by atoms with Crippen molar-refractivity contribution in [2.24, 2.45) is 7.05 Å². The molecule has 0 radical (unpaired) electrons. The number of hydrogen-bond donors (Lipinski definition) is 1. The van der Waals surface area contributed by atoms with Gasteiger partial charge in [0.2, 0.25) is 0 Å². The van der Waals surface area contributed by atoms with E-state index in [2.05, 4.69) is 50.3 Å². The van der Waals surface area contributed by atoms with E-state index in [1.165, 1.54) is 0 Å². The van der Waals surface area contributed by atoms with Crippen LogP contribution in [-0.4, -0.2) is 68.6 Å². The van der Waals surface area contributed by atoms with Gasteiger partial charge >= 0.3 is 0 Å². The summed E-state index contributed by atoms with van der Waals surface area (Å²) in [5.41, 5.74) is 6.53. The summed E-state index contributed by atoms with van der Waals surface area (Å²) in [6.45, 7) is 4.49. The number of nitrogens with one attached hydrogen (secondary N) is 1. The van der Waals surface area contributed by atoms with Crippen LogP contribution in [0.15, 0.2) is 54.6 Å². The molecule has 2 atom stereocenters. The van der Waals surface area contributed by atoms with Crippen LogP contribution in [0.4, 0.5) is 11.5 Å². The average Bonchev–Trinajstić information content (AvgIpc) is 3.52. The van der Waals surface area contributed by atoms with Gasteiger partial charge in [-0.3, -0.25) is 4.68 Å². The molecule has 6 rings (SSSR count). The first-order valence-electron chi connectivity index (χ1n) is 11.9. The van der Waals surface area contributed by atoms with E-state index in [-0.39, 0.29) is 12.2 Å². The second-order valence-corrected chi connectivity index (χ2v) is 10.0. The SMILES string of the molecule is C[C@@H](Oc1cc(-c2cnn(C)c2)cc2ncnc(Nc3ccc4ncsc4c3)c12)[C@H]1CN(C)CCO1. The molecule has 0 amide bonds. The van der Waals surface area contributed by atoms with E-state index >= 15 is 0 Å². The van der Waals surface area contributed by atoms with E-state index in [1.54, 1.807) is 22.3 Å². The number of aryl methyl sites for hydroxylation is 1. The lowest BCUT2D eigenvalue weighted by atomic mass is 10.1. The van der Waals surface area contributed by atoms with Gasteiger partial charge in [0.05, 0.1) is 39.4 Å². The summed E-state index contributed by atoms with van der Waals surface area (Å²) in [6.07, 6.45) is 5.21. The third-order valence-corrected chi connectivity index (χ3v) is 7.26. The van der Waals surface area contributed by atoms with Crippen LogP contribution in [0.3, 0.4) is 0 Å². The standard InChI is InChI=1S/C26H27N7O2S/c1-16(23-13-32(2)6-7-34-23)35-22-9-17(18-11-30-33(3)12-18)8-21-25(22)26(28-14-27-21)31-19-4-5-20-24(10-19)36-15-29-20/h4-5,8-12,14-16,23H,6-7,13H2,1-3H3,(H,27,28,31)/t16-,23-/m1/s1. The number of benzene rings is 2. The normalized spacial score (nSPS) is 17.5. The Balaban J connectivity index is 1.43. The van der Waals surface area contributed by atoms with E-state index in [9.17, 15) is 0 Å². The predicted octanol–water partition coefficient (Wildman–Crippen LogP) is 4.48. The first kappa shape index (κ1) is 22.8. The summed E-state index contributed by atoms with van der Waals surface area (Å²) in [4.78, 5) is 15.8. The Morgan fingerprint density at radius 3 is 2.86 bits per heavy atom. The summed E-state index contributed by atoms with van der Waals surface area (Å²) in [5.74, 6) is 1.39. The van der Waals surface area contributed by atoms with Gasteiger partial charge in [-0.1, -0.05) is 0 Å². The molecule has 10 heteroatoms. The third-order valence-electron chi connectivity index (χ3n) is 6.47. The number of nitrogens with zero attached hydrogens (tertiary/aromatic N) is 6. The molecule has 36 heavy (non-hydrogen) atoms.